The Kier molecular flexibility index (Phi) is 7.62. The number of rotatable bonds is 9. The van der Waals surface area contributed by atoms with E-state index in [1.165, 1.54) is 0 Å². The topological polar surface area (TPSA) is 102 Å². The second-order valence-electron chi connectivity index (χ2n) is 7.49. The van der Waals surface area contributed by atoms with Crippen molar-refractivity contribution in [2.24, 2.45) is 12.0 Å². The molecule has 0 saturated carbocycles. The number of aromatic nitrogens is 4. The lowest BCUT2D eigenvalue weighted by molar-refractivity contribution is 0.113. The van der Waals surface area contributed by atoms with Gasteiger partial charge in [-0.1, -0.05) is 19.0 Å². The maximum Gasteiger partial charge on any atom is 0.192 e. The number of hydrogen-bond acceptors (Lipinski definition) is 6. The molecule has 3 heterocycles. The van der Waals surface area contributed by atoms with Gasteiger partial charge in [-0.2, -0.15) is 0 Å². The van der Waals surface area contributed by atoms with Crippen LogP contribution in [0.4, 0.5) is 0 Å². The van der Waals surface area contributed by atoms with Gasteiger partial charge in [0.15, 0.2) is 17.5 Å². The number of nitrogens with zero attached hydrogens (tertiary/aromatic N) is 5. The van der Waals surface area contributed by atoms with Crippen LogP contribution in [-0.2, 0) is 24.9 Å². The lowest BCUT2D eigenvalue weighted by Gasteiger charge is -2.15. The Balaban J connectivity index is 1.62. The maximum absolute atomic E-state index is 5.71. The van der Waals surface area contributed by atoms with Crippen molar-refractivity contribution in [3.05, 3.63) is 29.2 Å². The molecule has 1 aliphatic rings. The first-order valence-electron chi connectivity index (χ1n) is 10.5. The summed E-state index contributed by atoms with van der Waals surface area (Å²) in [6.07, 6.45) is 4.53. The molecule has 160 valence electrons. The van der Waals surface area contributed by atoms with Crippen LogP contribution in [0.2, 0.25) is 0 Å². The van der Waals surface area contributed by atoms with E-state index in [4.69, 9.17) is 9.26 Å². The molecule has 0 radical (unpaired) electrons. The van der Waals surface area contributed by atoms with Crippen LogP contribution in [-0.4, -0.2) is 45.1 Å². The predicted octanol–water partition coefficient (Wildman–Crippen LogP) is 2.43. The summed E-state index contributed by atoms with van der Waals surface area (Å²) < 4.78 is 13.2. The maximum atomic E-state index is 5.71. The number of nitrogens with one attached hydrogen (secondary N) is 2. The molecule has 2 N–H and O–H groups in total. The summed E-state index contributed by atoms with van der Waals surface area (Å²) in [5, 5.41) is 19.2. The van der Waals surface area contributed by atoms with E-state index in [1.807, 2.05) is 24.6 Å². The van der Waals surface area contributed by atoms with Gasteiger partial charge in [0.1, 0.15) is 12.4 Å². The summed E-state index contributed by atoms with van der Waals surface area (Å²) in [6.45, 7) is 8.79. The van der Waals surface area contributed by atoms with Crippen molar-refractivity contribution in [2.75, 3.05) is 13.2 Å². The van der Waals surface area contributed by atoms with Crippen LogP contribution in [0.25, 0.3) is 0 Å². The first-order valence-corrected chi connectivity index (χ1v) is 10.5. The van der Waals surface area contributed by atoms with Crippen molar-refractivity contribution >= 4 is 5.96 Å². The molecule has 9 nitrogen and oxygen atoms in total. The van der Waals surface area contributed by atoms with Crippen LogP contribution in [0.15, 0.2) is 15.6 Å². The van der Waals surface area contributed by atoms with Gasteiger partial charge < -0.3 is 24.5 Å². The van der Waals surface area contributed by atoms with Gasteiger partial charge in [-0.25, -0.2) is 4.99 Å². The first kappa shape index (κ1) is 21.3. The summed E-state index contributed by atoms with van der Waals surface area (Å²) in [6, 6.07) is 2.04. The average Bonchev–Trinajstić information content (AvgIpc) is 3.47. The van der Waals surface area contributed by atoms with Crippen LogP contribution in [0.3, 0.4) is 0 Å². The minimum Gasteiger partial charge on any atom is -0.376 e. The SMILES string of the molecule is CCC(CC)c1cc(CNC(=NCc2nnc(C)n2C)NCC2CCCO2)on1. The van der Waals surface area contributed by atoms with Crippen molar-refractivity contribution in [3.8, 4) is 0 Å². The van der Waals surface area contributed by atoms with Gasteiger partial charge in [0.05, 0.1) is 18.3 Å². The fraction of sp³-hybridized carbons (Fsp3) is 0.700. The van der Waals surface area contributed by atoms with E-state index < -0.39 is 0 Å². The summed E-state index contributed by atoms with van der Waals surface area (Å²) in [7, 11) is 1.95. The molecule has 9 heteroatoms. The molecule has 1 saturated heterocycles. The molecule has 29 heavy (non-hydrogen) atoms. The third kappa shape index (κ3) is 5.79. The quantitative estimate of drug-likeness (QED) is 0.490. The zero-order valence-corrected chi connectivity index (χ0v) is 17.9. The van der Waals surface area contributed by atoms with E-state index in [0.29, 0.717) is 25.0 Å². The molecule has 0 aromatic carbocycles. The molecule has 0 spiro atoms. The molecule has 2 aromatic rings. The minimum atomic E-state index is 0.228. The lowest BCUT2D eigenvalue weighted by atomic mass is 9.99. The molecule has 1 aliphatic heterocycles. The summed E-state index contributed by atoms with van der Waals surface area (Å²) in [5.41, 5.74) is 1.02. The highest BCUT2D eigenvalue weighted by molar-refractivity contribution is 5.79. The van der Waals surface area contributed by atoms with E-state index in [2.05, 4.69) is 44.8 Å². The Morgan fingerprint density at radius 2 is 2.14 bits per heavy atom. The largest absolute Gasteiger partial charge is 0.376 e. The normalized spacial score (nSPS) is 17.3. The average molecular weight is 404 g/mol. The highest BCUT2D eigenvalue weighted by atomic mass is 16.5. The fourth-order valence-corrected chi connectivity index (χ4v) is 3.41. The molecular weight excluding hydrogens is 370 g/mol. The number of aliphatic imine (C=N–C) groups is 1. The smallest absolute Gasteiger partial charge is 0.192 e. The molecule has 3 rings (SSSR count). The van der Waals surface area contributed by atoms with E-state index in [-0.39, 0.29) is 6.10 Å². The summed E-state index contributed by atoms with van der Waals surface area (Å²) >= 11 is 0. The highest BCUT2D eigenvalue weighted by Crippen LogP contribution is 2.22. The molecule has 2 aromatic heterocycles. The van der Waals surface area contributed by atoms with Crippen LogP contribution in [0.1, 0.15) is 68.6 Å². The molecule has 1 atom stereocenters. The fourth-order valence-electron chi connectivity index (χ4n) is 3.41. The second kappa shape index (κ2) is 10.4. The standard InChI is InChI=1S/C20H33N7O2/c1-5-15(6-2)18-10-17(29-26-18)12-22-20(21-11-16-8-7-9-28-16)23-13-19-25-24-14(3)27(19)4/h10,15-16H,5-9,11-13H2,1-4H3,(H2,21,22,23). The molecule has 0 aliphatic carbocycles. The van der Waals surface area contributed by atoms with Gasteiger partial charge in [0, 0.05) is 32.2 Å². The zero-order chi connectivity index (χ0) is 20.6. The Bertz CT molecular complexity index is 789. The number of aryl methyl sites for hydroxylation is 1. The van der Waals surface area contributed by atoms with E-state index in [0.717, 1.165) is 61.9 Å². The van der Waals surface area contributed by atoms with E-state index in [9.17, 15) is 0 Å². The highest BCUT2D eigenvalue weighted by Gasteiger charge is 2.17. The second-order valence-corrected chi connectivity index (χ2v) is 7.49. The van der Waals surface area contributed by atoms with Gasteiger partial charge in [-0.15, -0.1) is 10.2 Å². The van der Waals surface area contributed by atoms with Crippen LogP contribution < -0.4 is 10.6 Å². The summed E-state index contributed by atoms with van der Waals surface area (Å²) in [4.78, 5) is 4.67. The van der Waals surface area contributed by atoms with Crippen molar-refractivity contribution in [1.82, 2.24) is 30.6 Å². The number of guanidine groups is 1. The van der Waals surface area contributed by atoms with E-state index in [1.54, 1.807) is 0 Å². The molecule has 1 fully saturated rings. The number of ether oxygens (including phenoxy) is 1. The number of hydrogen-bond donors (Lipinski definition) is 2. The van der Waals surface area contributed by atoms with Gasteiger partial charge in [-0.3, -0.25) is 0 Å². The van der Waals surface area contributed by atoms with Crippen LogP contribution >= 0.6 is 0 Å². The van der Waals surface area contributed by atoms with Gasteiger partial charge in [0.25, 0.3) is 0 Å². The molecule has 1 unspecified atom stereocenters. The molecular formula is C20H33N7O2. The van der Waals surface area contributed by atoms with Crippen molar-refractivity contribution in [2.45, 2.75) is 71.6 Å². The van der Waals surface area contributed by atoms with Crippen LogP contribution in [0, 0.1) is 6.92 Å². The third-order valence-corrected chi connectivity index (χ3v) is 5.49. The van der Waals surface area contributed by atoms with Crippen LogP contribution in [0.5, 0.6) is 0 Å². The Labute approximate surface area is 172 Å². The third-order valence-electron chi connectivity index (χ3n) is 5.49. The Morgan fingerprint density at radius 1 is 1.31 bits per heavy atom. The van der Waals surface area contributed by atoms with Gasteiger partial charge in [-0.05, 0) is 32.6 Å². The first-order chi connectivity index (χ1) is 14.1. The van der Waals surface area contributed by atoms with Gasteiger partial charge in [0.2, 0.25) is 0 Å². The monoisotopic (exact) mass is 403 g/mol. The lowest BCUT2D eigenvalue weighted by Crippen LogP contribution is -2.40. The Hall–Kier alpha value is -2.42. The summed E-state index contributed by atoms with van der Waals surface area (Å²) in [5.74, 6) is 3.62. The minimum absolute atomic E-state index is 0.228. The molecule has 0 amide bonds. The van der Waals surface area contributed by atoms with Crippen molar-refractivity contribution < 1.29 is 9.26 Å². The predicted molar refractivity (Wildman–Crippen MR) is 111 cm³/mol. The zero-order valence-electron chi connectivity index (χ0n) is 17.9. The Morgan fingerprint density at radius 3 is 2.79 bits per heavy atom. The van der Waals surface area contributed by atoms with E-state index >= 15 is 0 Å². The molecule has 0 bridgehead atoms. The van der Waals surface area contributed by atoms with Crippen molar-refractivity contribution in [1.29, 1.82) is 0 Å². The van der Waals surface area contributed by atoms with Gasteiger partial charge >= 0.3 is 0 Å². The van der Waals surface area contributed by atoms with Crippen molar-refractivity contribution in [3.63, 3.8) is 0 Å².